The van der Waals surface area contributed by atoms with Crippen LogP contribution in [-0.4, -0.2) is 24.8 Å². The molecule has 2 unspecified atom stereocenters. The SMILES string of the molecule is CCOC(=O)C(C)NP(=O)(CC)Oc1c(C)cccc1C. The monoisotopic (exact) mass is 313 g/mol. The molecule has 0 saturated heterocycles. The highest BCUT2D eigenvalue weighted by Crippen LogP contribution is 2.45. The average Bonchev–Trinajstić information content (AvgIpc) is 2.43. The van der Waals surface area contributed by atoms with Crippen molar-refractivity contribution in [2.75, 3.05) is 12.8 Å². The minimum Gasteiger partial charge on any atom is -0.465 e. The van der Waals surface area contributed by atoms with Crippen molar-refractivity contribution in [3.05, 3.63) is 29.3 Å². The van der Waals surface area contributed by atoms with Crippen molar-refractivity contribution in [1.82, 2.24) is 5.09 Å². The van der Waals surface area contributed by atoms with Crippen LogP contribution in [0, 0.1) is 13.8 Å². The van der Waals surface area contributed by atoms with Crippen LogP contribution < -0.4 is 9.61 Å². The Bertz CT molecular complexity index is 524. The fraction of sp³-hybridized carbons (Fsp3) is 0.533. The van der Waals surface area contributed by atoms with Gasteiger partial charge in [-0.2, -0.15) is 0 Å². The van der Waals surface area contributed by atoms with Crippen molar-refractivity contribution in [2.24, 2.45) is 0 Å². The summed E-state index contributed by atoms with van der Waals surface area (Å²) in [7, 11) is -3.16. The molecule has 0 heterocycles. The van der Waals surface area contributed by atoms with E-state index >= 15 is 0 Å². The molecule has 0 fully saturated rings. The van der Waals surface area contributed by atoms with Gasteiger partial charge in [0.1, 0.15) is 11.8 Å². The Morgan fingerprint density at radius 2 is 1.86 bits per heavy atom. The lowest BCUT2D eigenvalue weighted by molar-refractivity contribution is -0.144. The molecular weight excluding hydrogens is 289 g/mol. The third-order valence-electron chi connectivity index (χ3n) is 3.09. The Morgan fingerprint density at radius 1 is 1.29 bits per heavy atom. The molecule has 1 aromatic rings. The van der Waals surface area contributed by atoms with Gasteiger partial charge in [-0.15, -0.1) is 0 Å². The minimum absolute atomic E-state index is 0.282. The van der Waals surface area contributed by atoms with Crippen molar-refractivity contribution in [3.63, 3.8) is 0 Å². The van der Waals surface area contributed by atoms with Crippen LogP contribution in [0.5, 0.6) is 5.75 Å². The van der Waals surface area contributed by atoms with Gasteiger partial charge in [-0.25, -0.2) is 5.09 Å². The van der Waals surface area contributed by atoms with E-state index in [1.807, 2.05) is 32.0 Å². The standard InChI is InChI=1S/C15H24NO4P/c1-6-19-15(17)13(5)16-21(18,7-2)20-14-11(3)9-8-10-12(14)4/h8-10,13H,6-7H2,1-5H3,(H,16,18). The number of carbonyl (C=O) groups is 1. The van der Waals surface area contributed by atoms with Crippen LogP contribution in [0.25, 0.3) is 0 Å². The van der Waals surface area contributed by atoms with Crippen LogP contribution in [0.15, 0.2) is 18.2 Å². The first-order valence-corrected chi connectivity index (χ1v) is 8.93. The van der Waals surface area contributed by atoms with E-state index in [1.165, 1.54) is 0 Å². The maximum Gasteiger partial charge on any atom is 0.323 e. The van der Waals surface area contributed by atoms with Crippen molar-refractivity contribution < 1.29 is 18.6 Å². The summed E-state index contributed by atoms with van der Waals surface area (Å²) >= 11 is 0. The highest BCUT2D eigenvalue weighted by Gasteiger charge is 2.29. The highest BCUT2D eigenvalue weighted by molar-refractivity contribution is 7.57. The van der Waals surface area contributed by atoms with Gasteiger partial charge in [0.15, 0.2) is 0 Å². The third kappa shape index (κ3) is 4.87. The summed E-state index contributed by atoms with van der Waals surface area (Å²) in [4.78, 5) is 11.7. The van der Waals surface area contributed by atoms with Crippen molar-refractivity contribution in [2.45, 2.75) is 40.7 Å². The smallest absolute Gasteiger partial charge is 0.323 e. The van der Waals surface area contributed by atoms with Crippen LogP contribution in [0.2, 0.25) is 0 Å². The topological polar surface area (TPSA) is 64.6 Å². The van der Waals surface area contributed by atoms with Gasteiger partial charge in [-0.3, -0.25) is 9.36 Å². The number of nitrogens with one attached hydrogen (secondary N) is 1. The summed E-state index contributed by atoms with van der Waals surface area (Å²) in [5.74, 6) is 0.169. The molecule has 1 aromatic carbocycles. The number of ether oxygens (including phenoxy) is 1. The normalized spacial score (nSPS) is 15.1. The quantitative estimate of drug-likeness (QED) is 0.617. The zero-order chi connectivity index (χ0) is 16.0. The number of hydrogen-bond acceptors (Lipinski definition) is 4. The van der Waals surface area contributed by atoms with Gasteiger partial charge >= 0.3 is 13.5 Å². The van der Waals surface area contributed by atoms with Gasteiger partial charge in [0.05, 0.1) is 6.61 Å². The van der Waals surface area contributed by atoms with Gasteiger partial charge in [0, 0.05) is 6.16 Å². The predicted molar refractivity (Wildman–Crippen MR) is 83.9 cm³/mol. The Labute approximate surface area is 126 Å². The lowest BCUT2D eigenvalue weighted by atomic mass is 10.1. The number of aryl methyl sites for hydroxylation is 2. The Hall–Kier alpha value is -1.32. The molecule has 0 aliphatic carbocycles. The van der Waals surface area contributed by atoms with E-state index < -0.39 is 19.5 Å². The Balaban J connectivity index is 2.90. The van der Waals surface area contributed by atoms with Gasteiger partial charge in [-0.1, -0.05) is 25.1 Å². The zero-order valence-electron chi connectivity index (χ0n) is 13.3. The van der Waals surface area contributed by atoms with Crippen LogP contribution in [0.3, 0.4) is 0 Å². The second kappa shape index (κ2) is 7.62. The number of rotatable bonds is 7. The molecule has 0 bridgehead atoms. The molecule has 0 radical (unpaired) electrons. The summed E-state index contributed by atoms with van der Waals surface area (Å²) in [5, 5.41) is 2.79. The number of benzene rings is 1. The van der Waals surface area contributed by atoms with Gasteiger partial charge in [0.2, 0.25) is 0 Å². The summed E-state index contributed by atoms with van der Waals surface area (Å²) in [5.41, 5.74) is 1.82. The molecule has 0 spiro atoms. The highest BCUT2D eigenvalue weighted by atomic mass is 31.2. The number of carbonyl (C=O) groups excluding carboxylic acids is 1. The molecule has 118 valence electrons. The van der Waals surface area contributed by atoms with Crippen molar-refractivity contribution in [3.8, 4) is 5.75 Å². The van der Waals surface area contributed by atoms with Crippen LogP contribution in [0.1, 0.15) is 31.9 Å². The number of hydrogen-bond donors (Lipinski definition) is 1. The summed E-state index contributed by atoms with van der Waals surface area (Å²) in [6.07, 6.45) is 0.282. The zero-order valence-corrected chi connectivity index (χ0v) is 14.2. The van der Waals surface area contributed by atoms with E-state index in [0.29, 0.717) is 12.4 Å². The summed E-state index contributed by atoms with van der Waals surface area (Å²) < 4.78 is 23.5. The molecule has 0 saturated carbocycles. The fourth-order valence-electron chi connectivity index (χ4n) is 1.89. The van der Waals surface area contributed by atoms with E-state index in [2.05, 4.69) is 5.09 Å². The molecule has 0 aliphatic heterocycles. The average molecular weight is 313 g/mol. The van der Waals surface area contributed by atoms with E-state index in [4.69, 9.17) is 9.26 Å². The number of para-hydroxylation sites is 1. The van der Waals surface area contributed by atoms with Gasteiger partial charge in [-0.05, 0) is 38.8 Å². The first-order chi connectivity index (χ1) is 9.83. The van der Waals surface area contributed by atoms with Crippen molar-refractivity contribution >= 4 is 13.5 Å². The van der Waals surface area contributed by atoms with E-state index in [9.17, 15) is 9.36 Å². The molecule has 0 aromatic heterocycles. The maximum absolute atomic E-state index is 12.8. The Morgan fingerprint density at radius 3 is 2.33 bits per heavy atom. The van der Waals surface area contributed by atoms with Crippen LogP contribution >= 0.6 is 7.52 Å². The van der Waals surface area contributed by atoms with E-state index in [-0.39, 0.29) is 6.16 Å². The second-order valence-corrected chi connectivity index (χ2v) is 7.32. The maximum atomic E-state index is 12.8. The third-order valence-corrected chi connectivity index (χ3v) is 5.19. The first kappa shape index (κ1) is 17.7. The summed E-state index contributed by atoms with van der Waals surface area (Å²) in [6, 6.07) is 5.04. The molecule has 6 heteroatoms. The Kier molecular flexibility index (Phi) is 6.43. The lowest BCUT2D eigenvalue weighted by Gasteiger charge is -2.24. The number of esters is 1. The molecular formula is C15H24NO4P. The molecule has 2 atom stereocenters. The molecule has 5 nitrogen and oxygen atoms in total. The molecule has 21 heavy (non-hydrogen) atoms. The van der Waals surface area contributed by atoms with Crippen LogP contribution in [-0.2, 0) is 14.1 Å². The lowest BCUT2D eigenvalue weighted by Crippen LogP contribution is -2.35. The second-order valence-electron chi connectivity index (χ2n) is 4.90. The van der Waals surface area contributed by atoms with Crippen LogP contribution in [0.4, 0.5) is 0 Å². The molecule has 1 N–H and O–H groups in total. The van der Waals surface area contributed by atoms with Crippen molar-refractivity contribution in [1.29, 1.82) is 0 Å². The minimum atomic E-state index is -3.16. The fourth-order valence-corrected chi connectivity index (χ4v) is 3.53. The molecule has 0 amide bonds. The summed E-state index contributed by atoms with van der Waals surface area (Å²) in [6.45, 7) is 9.21. The predicted octanol–water partition coefficient (Wildman–Crippen LogP) is 3.44. The van der Waals surface area contributed by atoms with Gasteiger partial charge in [0.25, 0.3) is 0 Å². The molecule has 1 rings (SSSR count). The molecule has 0 aliphatic rings. The first-order valence-electron chi connectivity index (χ1n) is 7.12. The van der Waals surface area contributed by atoms with E-state index in [1.54, 1.807) is 20.8 Å². The largest absolute Gasteiger partial charge is 0.465 e. The van der Waals surface area contributed by atoms with E-state index in [0.717, 1.165) is 11.1 Å². The van der Waals surface area contributed by atoms with Gasteiger partial charge < -0.3 is 9.26 Å².